The van der Waals surface area contributed by atoms with Gasteiger partial charge < -0.3 is 15.0 Å². The molecular weight excluding hydrogens is 278 g/mol. The maximum absolute atomic E-state index is 6.00. The number of aromatic nitrogens is 3. The molecule has 1 aliphatic rings. The van der Waals surface area contributed by atoms with Crippen LogP contribution in [0.5, 0.6) is 0 Å². The Labute approximate surface area is 124 Å². The molecule has 0 spiro atoms. The fraction of sp³-hybridized carbons (Fsp3) is 0.769. The van der Waals surface area contributed by atoms with Crippen LogP contribution in [0.3, 0.4) is 0 Å². The van der Waals surface area contributed by atoms with Crippen molar-refractivity contribution < 1.29 is 4.74 Å². The van der Waals surface area contributed by atoms with Crippen LogP contribution in [-0.4, -0.2) is 47.3 Å². The van der Waals surface area contributed by atoms with Crippen LogP contribution < -0.4 is 10.2 Å². The highest BCUT2D eigenvalue weighted by atomic mass is 35.5. The van der Waals surface area contributed by atoms with E-state index >= 15 is 0 Å². The van der Waals surface area contributed by atoms with E-state index in [1.54, 1.807) is 7.11 Å². The first-order valence-corrected chi connectivity index (χ1v) is 7.51. The molecule has 0 amide bonds. The zero-order valence-electron chi connectivity index (χ0n) is 12.3. The Balaban J connectivity index is 2.15. The minimum Gasteiger partial charge on any atom is -0.379 e. The summed E-state index contributed by atoms with van der Waals surface area (Å²) in [5.74, 6) is 1.14. The maximum atomic E-state index is 6.00. The van der Waals surface area contributed by atoms with E-state index in [9.17, 15) is 0 Å². The summed E-state index contributed by atoms with van der Waals surface area (Å²) in [6.45, 7) is 5.79. The highest BCUT2D eigenvalue weighted by Crippen LogP contribution is 2.24. The van der Waals surface area contributed by atoms with Gasteiger partial charge in [-0.25, -0.2) is 0 Å². The van der Waals surface area contributed by atoms with Gasteiger partial charge in [-0.3, -0.25) is 0 Å². The molecule has 2 atom stereocenters. The fourth-order valence-electron chi connectivity index (χ4n) is 2.59. The lowest BCUT2D eigenvalue weighted by molar-refractivity contribution is 0.101. The van der Waals surface area contributed by atoms with Gasteiger partial charge >= 0.3 is 0 Å². The van der Waals surface area contributed by atoms with Crippen LogP contribution >= 0.6 is 11.6 Å². The fourth-order valence-corrected chi connectivity index (χ4v) is 2.75. The van der Waals surface area contributed by atoms with Crippen molar-refractivity contribution in [2.45, 2.75) is 45.3 Å². The highest BCUT2D eigenvalue weighted by Gasteiger charge is 2.28. The Kier molecular flexibility index (Phi) is 5.37. The van der Waals surface area contributed by atoms with Gasteiger partial charge in [0.25, 0.3) is 0 Å². The number of methoxy groups -OCH3 is 1. The predicted molar refractivity (Wildman–Crippen MR) is 80.5 cm³/mol. The van der Waals surface area contributed by atoms with E-state index < -0.39 is 0 Å². The molecule has 0 bridgehead atoms. The minimum absolute atomic E-state index is 0.211. The van der Waals surface area contributed by atoms with Crippen molar-refractivity contribution >= 4 is 23.5 Å². The second kappa shape index (κ2) is 7.04. The summed E-state index contributed by atoms with van der Waals surface area (Å²) in [5.41, 5.74) is 0. The number of rotatable bonds is 6. The number of anilines is 2. The van der Waals surface area contributed by atoms with Crippen LogP contribution in [0.1, 0.15) is 33.1 Å². The number of hydrogen-bond donors (Lipinski definition) is 1. The van der Waals surface area contributed by atoms with Gasteiger partial charge in [0.2, 0.25) is 17.2 Å². The summed E-state index contributed by atoms with van der Waals surface area (Å²) in [6.07, 6.45) is 3.48. The topological polar surface area (TPSA) is 63.2 Å². The lowest BCUT2D eigenvalue weighted by Gasteiger charge is -2.22. The summed E-state index contributed by atoms with van der Waals surface area (Å²) in [7, 11) is 1.74. The molecule has 0 aliphatic heterocycles. The third-order valence-electron chi connectivity index (χ3n) is 3.71. The van der Waals surface area contributed by atoms with E-state index in [0.29, 0.717) is 11.9 Å². The van der Waals surface area contributed by atoms with Crippen LogP contribution in [0.15, 0.2) is 0 Å². The molecule has 0 saturated heterocycles. The molecule has 7 heteroatoms. The van der Waals surface area contributed by atoms with E-state index in [-0.39, 0.29) is 17.4 Å². The average molecular weight is 300 g/mol. The molecule has 2 unspecified atom stereocenters. The van der Waals surface area contributed by atoms with Gasteiger partial charge in [0.1, 0.15) is 0 Å². The molecule has 0 aromatic carbocycles. The summed E-state index contributed by atoms with van der Waals surface area (Å²) in [6, 6.07) is 0.239. The van der Waals surface area contributed by atoms with Crippen molar-refractivity contribution in [1.82, 2.24) is 15.0 Å². The molecule has 1 aliphatic carbocycles. The molecule has 1 saturated carbocycles. The normalized spacial score (nSPS) is 22.0. The predicted octanol–water partition coefficient (Wildman–Crippen LogP) is 2.35. The van der Waals surface area contributed by atoms with E-state index in [4.69, 9.17) is 16.3 Å². The van der Waals surface area contributed by atoms with Gasteiger partial charge in [0.05, 0.1) is 12.1 Å². The van der Waals surface area contributed by atoms with Crippen molar-refractivity contribution in [2.75, 3.05) is 30.4 Å². The quantitative estimate of drug-likeness (QED) is 0.870. The smallest absolute Gasteiger partial charge is 0.231 e. The zero-order valence-corrected chi connectivity index (χ0v) is 13.0. The second-order valence-electron chi connectivity index (χ2n) is 4.86. The number of hydrogen-bond acceptors (Lipinski definition) is 6. The van der Waals surface area contributed by atoms with E-state index in [0.717, 1.165) is 32.4 Å². The number of halogens is 1. The van der Waals surface area contributed by atoms with Gasteiger partial charge in [-0.2, -0.15) is 15.0 Å². The molecule has 1 heterocycles. The van der Waals surface area contributed by atoms with Crippen molar-refractivity contribution in [3.63, 3.8) is 0 Å². The van der Waals surface area contributed by atoms with Gasteiger partial charge in [-0.15, -0.1) is 0 Å². The number of nitrogens with zero attached hydrogens (tertiary/aromatic N) is 4. The molecule has 1 aromatic heterocycles. The van der Waals surface area contributed by atoms with E-state index in [1.165, 1.54) is 0 Å². The molecule has 6 nitrogen and oxygen atoms in total. The molecular formula is C13H22ClN5O. The molecule has 1 N–H and O–H groups in total. The lowest BCUT2D eigenvalue weighted by atomic mass is 10.2. The van der Waals surface area contributed by atoms with Crippen molar-refractivity contribution in [2.24, 2.45) is 0 Å². The van der Waals surface area contributed by atoms with Crippen LogP contribution in [0.2, 0.25) is 5.28 Å². The van der Waals surface area contributed by atoms with Crippen molar-refractivity contribution in [3.8, 4) is 0 Å². The third-order valence-corrected chi connectivity index (χ3v) is 3.88. The van der Waals surface area contributed by atoms with Gasteiger partial charge in [0.15, 0.2) is 0 Å². The Hall–Kier alpha value is -1.14. The van der Waals surface area contributed by atoms with E-state index in [2.05, 4.69) is 34.1 Å². The first-order valence-electron chi connectivity index (χ1n) is 7.13. The van der Waals surface area contributed by atoms with Gasteiger partial charge in [0, 0.05) is 20.2 Å². The monoisotopic (exact) mass is 299 g/mol. The Morgan fingerprint density at radius 1 is 1.25 bits per heavy atom. The molecule has 20 heavy (non-hydrogen) atoms. The summed E-state index contributed by atoms with van der Waals surface area (Å²) >= 11 is 6.00. The molecule has 2 rings (SSSR count). The molecule has 0 radical (unpaired) electrons. The van der Waals surface area contributed by atoms with Crippen LogP contribution in [0.25, 0.3) is 0 Å². The minimum atomic E-state index is 0.211. The third kappa shape index (κ3) is 3.49. The molecule has 112 valence electrons. The first-order chi connectivity index (χ1) is 9.67. The van der Waals surface area contributed by atoms with Crippen molar-refractivity contribution in [1.29, 1.82) is 0 Å². The largest absolute Gasteiger partial charge is 0.379 e. The maximum Gasteiger partial charge on any atom is 0.231 e. The lowest BCUT2D eigenvalue weighted by Crippen LogP contribution is -2.31. The summed E-state index contributed by atoms with van der Waals surface area (Å²) in [5, 5.41) is 3.55. The molecule has 1 aromatic rings. The highest BCUT2D eigenvalue weighted by molar-refractivity contribution is 6.28. The number of nitrogens with one attached hydrogen (secondary N) is 1. The van der Waals surface area contributed by atoms with Crippen LogP contribution in [0, 0.1) is 0 Å². The van der Waals surface area contributed by atoms with Crippen LogP contribution in [-0.2, 0) is 4.74 Å². The second-order valence-corrected chi connectivity index (χ2v) is 5.19. The summed E-state index contributed by atoms with van der Waals surface area (Å²) < 4.78 is 5.47. The number of ether oxygens (including phenoxy) is 1. The Bertz CT molecular complexity index is 441. The Morgan fingerprint density at radius 3 is 2.65 bits per heavy atom. The van der Waals surface area contributed by atoms with E-state index in [1.807, 2.05) is 4.90 Å². The standard InChI is InChI=1S/C13H22ClN5O/c1-4-19(5-2)13-17-11(14)16-12(18-13)15-9-7-6-8-10(9)20-3/h9-10H,4-8H2,1-3H3,(H,15,16,17,18). The van der Waals surface area contributed by atoms with Gasteiger partial charge in [-0.05, 0) is 44.7 Å². The molecule has 1 fully saturated rings. The summed E-state index contributed by atoms with van der Waals surface area (Å²) in [4.78, 5) is 14.9. The SMILES string of the molecule is CCN(CC)c1nc(Cl)nc(NC2CCCC2OC)n1. The zero-order chi connectivity index (χ0) is 14.5. The average Bonchev–Trinajstić information content (AvgIpc) is 2.86. The first kappa shape index (κ1) is 15.3. The van der Waals surface area contributed by atoms with Crippen molar-refractivity contribution in [3.05, 3.63) is 5.28 Å². The Morgan fingerprint density at radius 2 is 2.00 bits per heavy atom. The van der Waals surface area contributed by atoms with Crippen LogP contribution in [0.4, 0.5) is 11.9 Å². The van der Waals surface area contributed by atoms with Gasteiger partial charge in [-0.1, -0.05) is 0 Å².